The van der Waals surface area contributed by atoms with Gasteiger partial charge in [0.25, 0.3) is 0 Å². The van der Waals surface area contributed by atoms with Crippen LogP contribution in [-0.4, -0.2) is 56.8 Å². The van der Waals surface area contributed by atoms with E-state index in [1.54, 1.807) is 25.3 Å². The van der Waals surface area contributed by atoms with Crippen molar-refractivity contribution in [3.63, 3.8) is 0 Å². The summed E-state index contributed by atoms with van der Waals surface area (Å²) >= 11 is 0. The summed E-state index contributed by atoms with van der Waals surface area (Å²) in [6, 6.07) is 11.4. The second-order valence-corrected chi connectivity index (χ2v) is 6.54. The van der Waals surface area contributed by atoms with E-state index in [4.69, 9.17) is 19.9 Å². The molecule has 2 aromatic carbocycles. The lowest BCUT2D eigenvalue weighted by Crippen LogP contribution is -2.27. The van der Waals surface area contributed by atoms with E-state index in [-0.39, 0.29) is 32.0 Å². The molecule has 2 atom stereocenters. The first-order valence-electron chi connectivity index (χ1n) is 9.16. The van der Waals surface area contributed by atoms with Crippen LogP contribution in [0.3, 0.4) is 0 Å². The maximum absolute atomic E-state index is 14.3. The molecule has 1 saturated heterocycles. The molecule has 3 rings (SSSR count). The van der Waals surface area contributed by atoms with E-state index >= 15 is 0 Å². The Bertz CT molecular complexity index is 833. The highest BCUT2D eigenvalue weighted by Gasteiger charge is 2.31. The second kappa shape index (κ2) is 9.44. The smallest absolute Gasteiger partial charge is 0.414 e. The summed E-state index contributed by atoms with van der Waals surface area (Å²) in [5.41, 5.74) is 6.67. The number of benzene rings is 2. The van der Waals surface area contributed by atoms with E-state index in [0.29, 0.717) is 5.69 Å². The molecule has 0 radical (unpaired) electrons. The van der Waals surface area contributed by atoms with Gasteiger partial charge >= 0.3 is 6.09 Å². The van der Waals surface area contributed by atoms with Gasteiger partial charge in [-0.05, 0) is 36.4 Å². The number of carbonyl (C=O) groups excluding carboxylic acids is 1. The van der Waals surface area contributed by atoms with Gasteiger partial charge in [-0.3, -0.25) is 4.90 Å². The third kappa shape index (κ3) is 5.27. The Labute approximate surface area is 168 Å². The Morgan fingerprint density at radius 1 is 1.34 bits per heavy atom. The molecule has 9 heteroatoms. The molecule has 0 spiro atoms. The summed E-state index contributed by atoms with van der Waals surface area (Å²) in [5.74, 6) is 0.0843. The maximum atomic E-state index is 14.3. The van der Waals surface area contributed by atoms with Crippen molar-refractivity contribution in [2.75, 3.05) is 43.6 Å². The van der Waals surface area contributed by atoms with E-state index in [1.807, 2.05) is 12.1 Å². The Kier molecular flexibility index (Phi) is 6.73. The molecule has 2 aromatic rings. The number of amides is 1. The quantitative estimate of drug-likeness (QED) is 0.586. The fourth-order valence-corrected chi connectivity index (χ4v) is 2.82. The van der Waals surface area contributed by atoms with Gasteiger partial charge in [-0.15, -0.1) is 0 Å². The molecule has 156 valence electrons. The second-order valence-electron chi connectivity index (χ2n) is 6.54. The van der Waals surface area contributed by atoms with E-state index in [2.05, 4.69) is 5.32 Å². The lowest BCUT2D eigenvalue weighted by atomic mass is 10.2. The minimum Gasteiger partial charge on any atom is -0.497 e. The van der Waals surface area contributed by atoms with Gasteiger partial charge in [-0.2, -0.15) is 0 Å². The van der Waals surface area contributed by atoms with Gasteiger partial charge in [0.15, 0.2) is 11.6 Å². The summed E-state index contributed by atoms with van der Waals surface area (Å²) in [6.07, 6.45) is -1.82. The Morgan fingerprint density at radius 3 is 2.72 bits per heavy atom. The zero-order chi connectivity index (χ0) is 20.8. The van der Waals surface area contributed by atoms with Crippen molar-refractivity contribution in [2.45, 2.75) is 12.2 Å². The van der Waals surface area contributed by atoms with E-state index < -0.39 is 24.1 Å². The van der Waals surface area contributed by atoms with Crippen LogP contribution in [0.5, 0.6) is 11.5 Å². The number of anilines is 2. The normalized spacial score (nSPS) is 17.0. The SMILES string of the molecule is COc1ccc(NCC(O)COc2ccc(N3C[C@H](CN)OC3=O)cc2F)cc1. The molecule has 0 bridgehead atoms. The minimum atomic E-state index is -0.852. The maximum Gasteiger partial charge on any atom is 0.414 e. The molecule has 4 N–H and O–H groups in total. The molecule has 1 fully saturated rings. The number of cyclic esters (lactones) is 1. The van der Waals surface area contributed by atoms with Crippen LogP contribution in [0.4, 0.5) is 20.6 Å². The first-order valence-corrected chi connectivity index (χ1v) is 9.16. The van der Waals surface area contributed by atoms with Crippen molar-refractivity contribution in [1.29, 1.82) is 0 Å². The third-order valence-electron chi connectivity index (χ3n) is 4.43. The molecule has 1 unspecified atom stereocenters. The van der Waals surface area contributed by atoms with Gasteiger partial charge in [-0.25, -0.2) is 9.18 Å². The molecule has 0 aliphatic carbocycles. The Balaban J connectivity index is 1.50. The van der Waals surface area contributed by atoms with E-state index in [0.717, 1.165) is 11.4 Å². The van der Waals surface area contributed by atoms with Gasteiger partial charge in [0, 0.05) is 24.8 Å². The number of aliphatic hydroxyl groups excluding tert-OH is 1. The third-order valence-corrected chi connectivity index (χ3v) is 4.43. The number of methoxy groups -OCH3 is 1. The minimum absolute atomic E-state index is 0.0137. The number of ether oxygens (including phenoxy) is 3. The van der Waals surface area contributed by atoms with Crippen molar-refractivity contribution in [2.24, 2.45) is 5.73 Å². The number of halogens is 1. The highest BCUT2D eigenvalue weighted by Crippen LogP contribution is 2.27. The number of hydrogen-bond donors (Lipinski definition) is 3. The average Bonchev–Trinajstić information content (AvgIpc) is 3.12. The average molecular weight is 405 g/mol. The van der Waals surface area contributed by atoms with Gasteiger partial charge < -0.3 is 30.4 Å². The number of nitrogens with one attached hydrogen (secondary N) is 1. The Morgan fingerprint density at radius 2 is 2.10 bits per heavy atom. The fraction of sp³-hybridized carbons (Fsp3) is 0.350. The topological polar surface area (TPSA) is 106 Å². The van der Waals surface area contributed by atoms with Gasteiger partial charge in [0.1, 0.15) is 24.6 Å². The molecule has 0 aromatic heterocycles. The first kappa shape index (κ1) is 20.7. The van der Waals surface area contributed by atoms with Crippen LogP contribution in [0.25, 0.3) is 0 Å². The lowest BCUT2D eigenvalue weighted by molar-refractivity contribution is 0.115. The molecule has 1 aliphatic rings. The van der Waals surface area contributed by atoms with Gasteiger partial charge in [0.05, 0.1) is 19.3 Å². The molecule has 1 aliphatic heterocycles. The van der Waals surface area contributed by atoms with Crippen LogP contribution in [-0.2, 0) is 4.74 Å². The predicted octanol–water partition coefficient (Wildman–Crippen LogP) is 1.97. The molecule has 0 saturated carbocycles. The molecular weight excluding hydrogens is 381 g/mol. The number of carbonyl (C=O) groups is 1. The summed E-state index contributed by atoms with van der Waals surface area (Å²) in [6.45, 7) is 0.603. The molecular formula is C20H24FN3O5. The van der Waals surface area contributed by atoms with Crippen LogP contribution in [0, 0.1) is 5.82 Å². The predicted molar refractivity (Wildman–Crippen MR) is 106 cm³/mol. The standard InChI is InChI=1S/C20H24FN3O5/c1-27-16-5-2-13(3-6-16)23-10-15(25)12-28-19-7-4-14(8-18(19)21)24-11-17(9-22)29-20(24)26/h2-8,15,17,23,25H,9-12,22H2,1H3/t15?,17-/m0/s1. The van der Waals surface area contributed by atoms with E-state index in [1.165, 1.54) is 17.0 Å². The number of aliphatic hydroxyl groups is 1. The number of rotatable bonds is 9. The van der Waals surface area contributed by atoms with Crippen LogP contribution >= 0.6 is 0 Å². The van der Waals surface area contributed by atoms with Crippen molar-refractivity contribution >= 4 is 17.5 Å². The highest BCUT2D eigenvalue weighted by molar-refractivity contribution is 5.89. The highest BCUT2D eigenvalue weighted by atomic mass is 19.1. The molecule has 1 heterocycles. The van der Waals surface area contributed by atoms with Crippen molar-refractivity contribution < 1.29 is 28.5 Å². The zero-order valence-corrected chi connectivity index (χ0v) is 16.0. The summed E-state index contributed by atoms with van der Waals surface area (Å²) in [5, 5.41) is 13.1. The zero-order valence-electron chi connectivity index (χ0n) is 16.0. The molecule has 8 nitrogen and oxygen atoms in total. The van der Waals surface area contributed by atoms with Gasteiger partial charge in [0.2, 0.25) is 0 Å². The largest absolute Gasteiger partial charge is 0.497 e. The Hall–Kier alpha value is -3.04. The number of nitrogens with zero attached hydrogens (tertiary/aromatic N) is 1. The van der Waals surface area contributed by atoms with Crippen LogP contribution in [0.1, 0.15) is 0 Å². The monoisotopic (exact) mass is 405 g/mol. The van der Waals surface area contributed by atoms with Crippen molar-refractivity contribution in [3.8, 4) is 11.5 Å². The van der Waals surface area contributed by atoms with Crippen molar-refractivity contribution in [3.05, 3.63) is 48.3 Å². The molecule has 1 amide bonds. The summed E-state index contributed by atoms with van der Waals surface area (Å²) in [4.78, 5) is 13.1. The van der Waals surface area contributed by atoms with Gasteiger partial charge in [-0.1, -0.05) is 0 Å². The fourth-order valence-electron chi connectivity index (χ4n) is 2.82. The van der Waals surface area contributed by atoms with Crippen LogP contribution in [0.2, 0.25) is 0 Å². The van der Waals surface area contributed by atoms with E-state index in [9.17, 15) is 14.3 Å². The first-order chi connectivity index (χ1) is 14.0. The number of nitrogens with two attached hydrogens (primary N) is 1. The lowest BCUT2D eigenvalue weighted by Gasteiger charge is -2.16. The van der Waals surface area contributed by atoms with Crippen LogP contribution < -0.4 is 25.4 Å². The van der Waals surface area contributed by atoms with Crippen LogP contribution in [0.15, 0.2) is 42.5 Å². The summed E-state index contributed by atoms with van der Waals surface area (Å²) in [7, 11) is 1.59. The number of hydrogen-bond acceptors (Lipinski definition) is 7. The summed E-state index contributed by atoms with van der Waals surface area (Å²) < 4.78 is 29.9. The molecule has 29 heavy (non-hydrogen) atoms. The van der Waals surface area contributed by atoms with Crippen molar-refractivity contribution in [1.82, 2.24) is 0 Å².